The van der Waals surface area contributed by atoms with E-state index in [9.17, 15) is 9.59 Å². The average molecular weight is 460 g/mol. The van der Waals surface area contributed by atoms with Crippen LogP contribution in [0, 0.1) is 5.41 Å². The number of H-pyrrole nitrogens is 1. The van der Waals surface area contributed by atoms with E-state index in [0.717, 1.165) is 22.5 Å². The summed E-state index contributed by atoms with van der Waals surface area (Å²) in [7, 11) is 0. The van der Waals surface area contributed by atoms with Crippen LogP contribution in [0.2, 0.25) is 0 Å². The van der Waals surface area contributed by atoms with Crippen molar-refractivity contribution in [3.05, 3.63) is 53.7 Å². The van der Waals surface area contributed by atoms with Crippen molar-refractivity contribution in [1.82, 2.24) is 20.5 Å². The number of aromatic amines is 1. The number of nitrogens with one attached hydrogen (secondary N) is 4. The summed E-state index contributed by atoms with van der Waals surface area (Å²) in [5.41, 5.74) is 3.12. The van der Waals surface area contributed by atoms with Gasteiger partial charge >= 0.3 is 0 Å². The molecule has 4 heterocycles. The second-order valence-corrected chi connectivity index (χ2v) is 8.44. The number of anilines is 3. The molecule has 0 aliphatic carbocycles. The molecule has 1 unspecified atom stereocenters. The summed E-state index contributed by atoms with van der Waals surface area (Å²) in [6.45, 7) is 4.04. The van der Waals surface area contributed by atoms with Gasteiger partial charge in [0.1, 0.15) is 17.5 Å². The van der Waals surface area contributed by atoms with Crippen molar-refractivity contribution in [1.29, 1.82) is 5.41 Å². The summed E-state index contributed by atoms with van der Waals surface area (Å²) >= 11 is 0. The molecule has 1 aromatic carbocycles. The van der Waals surface area contributed by atoms with Crippen molar-refractivity contribution >= 4 is 35.5 Å². The molecule has 34 heavy (non-hydrogen) atoms. The van der Waals surface area contributed by atoms with Crippen LogP contribution in [0.1, 0.15) is 30.4 Å². The number of hydrogen-bond acceptors (Lipinski definition) is 8. The molecule has 10 heteroatoms. The second-order valence-electron chi connectivity index (χ2n) is 8.44. The van der Waals surface area contributed by atoms with Crippen LogP contribution in [-0.2, 0) is 14.3 Å². The van der Waals surface area contributed by atoms with Crippen LogP contribution < -0.4 is 15.5 Å². The molecule has 0 bridgehead atoms. The van der Waals surface area contributed by atoms with Gasteiger partial charge in [0.25, 0.3) is 0 Å². The van der Waals surface area contributed by atoms with Crippen LogP contribution in [0.25, 0.3) is 11.1 Å². The highest BCUT2D eigenvalue weighted by Crippen LogP contribution is 2.34. The van der Waals surface area contributed by atoms with Gasteiger partial charge in [-0.1, -0.05) is 24.3 Å². The van der Waals surface area contributed by atoms with Crippen LogP contribution in [0.4, 0.5) is 17.5 Å². The molecule has 2 aromatic heterocycles. The van der Waals surface area contributed by atoms with Crippen LogP contribution in [0.3, 0.4) is 0 Å². The first kappa shape index (κ1) is 21.8. The van der Waals surface area contributed by atoms with E-state index in [4.69, 9.17) is 15.1 Å². The van der Waals surface area contributed by atoms with Crippen molar-refractivity contribution in [2.45, 2.75) is 25.3 Å². The number of pyridine rings is 1. The third-order valence-corrected chi connectivity index (χ3v) is 6.20. The summed E-state index contributed by atoms with van der Waals surface area (Å²) in [6, 6.07) is 11.5. The monoisotopic (exact) mass is 459 g/mol. The molecule has 2 aliphatic rings. The maximum absolute atomic E-state index is 12.1. The van der Waals surface area contributed by atoms with Gasteiger partial charge in [-0.05, 0) is 29.7 Å². The summed E-state index contributed by atoms with van der Waals surface area (Å²) in [4.78, 5) is 30.7. The zero-order valence-corrected chi connectivity index (χ0v) is 18.7. The minimum absolute atomic E-state index is 0.153. The lowest BCUT2D eigenvalue weighted by molar-refractivity contribution is -0.125. The number of hydrogen-bond donors (Lipinski definition) is 4. The Balaban J connectivity index is 1.57. The molecule has 10 nitrogen and oxygen atoms in total. The van der Waals surface area contributed by atoms with Gasteiger partial charge in [0.15, 0.2) is 0 Å². The number of amides is 2. The Morgan fingerprint density at radius 1 is 1.24 bits per heavy atom. The molecule has 0 spiro atoms. The third kappa shape index (κ3) is 4.15. The van der Waals surface area contributed by atoms with Crippen molar-refractivity contribution in [3.63, 3.8) is 0 Å². The van der Waals surface area contributed by atoms with Gasteiger partial charge in [-0.3, -0.25) is 20.0 Å². The number of carbonyl (C=O) groups excluding carboxylic acids is 2. The first-order chi connectivity index (χ1) is 16.5. The zero-order valence-electron chi connectivity index (χ0n) is 18.7. The van der Waals surface area contributed by atoms with E-state index in [1.54, 1.807) is 12.3 Å². The van der Waals surface area contributed by atoms with E-state index >= 15 is 0 Å². The summed E-state index contributed by atoms with van der Waals surface area (Å²) < 4.78 is 5.60. The molecule has 2 amide bonds. The smallest absolute Gasteiger partial charge is 0.234 e. The lowest BCUT2D eigenvalue weighted by Gasteiger charge is -2.35. The highest BCUT2D eigenvalue weighted by atomic mass is 16.5. The molecule has 2 atom stereocenters. The summed E-state index contributed by atoms with van der Waals surface area (Å²) in [5.74, 6) is 0.998. The highest BCUT2D eigenvalue weighted by Gasteiger charge is 2.31. The SMILES string of the molecule is C[C@@H]1COCCN1c1cc(-c2ccc(C3CC(=O)NC3=O)cc2)c(C=N)c(Nc2ccn[nH]2)n1. The lowest BCUT2D eigenvalue weighted by Crippen LogP contribution is -2.44. The number of imide groups is 1. The number of ether oxygens (including phenoxy) is 1. The maximum atomic E-state index is 12.1. The molecule has 2 aliphatic heterocycles. The van der Waals surface area contributed by atoms with Crippen molar-refractivity contribution < 1.29 is 14.3 Å². The second kappa shape index (κ2) is 9.06. The molecule has 2 fully saturated rings. The Labute approximate surface area is 196 Å². The predicted molar refractivity (Wildman–Crippen MR) is 128 cm³/mol. The fraction of sp³-hybridized carbons (Fsp3) is 0.292. The Kier molecular flexibility index (Phi) is 5.81. The third-order valence-electron chi connectivity index (χ3n) is 6.20. The Morgan fingerprint density at radius 2 is 2.06 bits per heavy atom. The van der Waals surface area contributed by atoms with Gasteiger partial charge in [-0.2, -0.15) is 5.10 Å². The molecular weight excluding hydrogens is 434 g/mol. The quantitative estimate of drug-likeness (QED) is 0.328. The first-order valence-electron chi connectivity index (χ1n) is 11.1. The summed E-state index contributed by atoms with van der Waals surface area (Å²) in [6.07, 6.45) is 3.09. The van der Waals surface area contributed by atoms with Gasteiger partial charge in [-0.15, -0.1) is 0 Å². The zero-order chi connectivity index (χ0) is 23.7. The number of nitrogens with zero attached hydrogens (tertiary/aromatic N) is 3. The number of aromatic nitrogens is 3. The van der Waals surface area contributed by atoms with E-state index < -0.39 is 5.92 Å². The van der Waals surface area contributed by atoms with Gasteiger partial charge in [-0.25, -0.2) is 4.98 Å². The van der Waals surface area contributed by atoms with Crippen LogP contribution in [0.5, 0.6) is 0 Å². The molecule has 2 saturated heterocycles. The molecule has 0 radical (unpaired) electrons. The first-order valence-corrected chi connectivity index (χ1v) is 11.1. The fourth-order valence-electron chi connectivity index (χ4n) is 4.41. The fourth-order valence-corrected chi connectivity index (χ4v) is 4.41. The van der Waals surface area contributed by atoms with Crippen molar-refractivity contribution in [2.75, 3.05) is 30.0 Å². The molecule has 5 rings (SSSR count). The van der Waals surface area contributed by atoms with Gasteiger partial charge in [0.2, 0.25) is 11.8 Å². The normalized spacial score (nSPS) is 20.3. The van der Waals surface area contributed by atoms with Gasteiger partial charge in [0.05, 0.1) is 31.4 Å². The lowest BCUT2D eigenvalue weighted by atomic mass is 9.94. The van der Waals surface area contributed by atoms with Gasteiger partial charge in [0, 0.05) is 30.8 Å². The van der Waals surface area contributed by atoms with Crippen molar-refractivity contribution in [2.24, 2.45) is 0 Å². The van der Waals surface area contributed by atoms with E-state index in [1.165, 1.54) is 6.21 Å². The Hall–Kier alpha value is -4.05. The van der Waals surface area contributed by atoms with E-state index in [0.29, 0.717) is 37.0 Å². The highest BCUT2D eigenvalue weighted by molar-refractivity contribution is 6.06. The molecule has 0 saturated carbocycles. The van der Waals surface area contributed by atoms with E-state index in [2.05, 4.69) is 32.7 Å². The number of rotatable bonds is 6. The maximum Gasteiger partial charge on any atom is 0.234 e. The predicted octanol–water partition coefficient (Wildman–Crippen LogP) is 2.57. The largest absolute Gasteiger partial charge is 0.377 e. The van der Waals surface area contributed by atoms with Gasteiger partial charge < -0.3 is 20.4 Å². The molecule has 3 aromatic rings. The Bertz CT molecular complexity index is 1220. The van der Waals surface area contributed by atoms with Crippen LogP contribution in [0.15, 0.2) is 42.6 Å². The summed E-state index contributed by atoms with van der Waals surface area (Å²) in [5, 5.41) is 20.6. The van der Waals surface area contributed by atoms with E-state index in [-0.39, 0.29) is 24.3 Å². The topological polar surface area (TPSA) is 136 Å². The average Bonchev–Trinajstić information content (AvgIpc) is 3.47. The minimum atomic E-state index is -0.469. The minimum Gasteiger partial charge on any atom is -0.377 e. The van der Waals surface area contributed by atoms with Crippen LogP contribution in [-0.4, -0.2) is 59.0 Å². The van der Waals surface area contributed by atoms with Crippen LogP contribution >= 0.6 is 0 Å². The number of carbonyl (C=O) groups is 2. The number of benzene rings is 1. The molecular formula is C24H25N7O3. The standard InChI is InChI=1S/C24H25N7O3/c1-14-13-34-9-8-31(14)21-10-17(19(12-25)23(28-21)27-20-6-7-26-30-20)15-2-4-16(5-3-15)18-11-22(32)29-24(18)33/h2-7,10,12,14,18,25H,8-9,11,13H2,1H3,(H,29,32,33)(H2,26,27,28,30)/t14-,18?/m1/s1. The number of morpholine rings is 1. The molecule has 4 N–H and O–H groups in total. The molecule has 174 valence electrons. The van der Waals surface area contributed by atoms with Crippen molar-refractivity contribution in [3.8, 4) is 11.1 Å². The Morgan fingerprint density at radius 3 is 2.71 bits per heavy atom. The van der Waals surface area contributed by atoms with E-state index in [1.807, 2.05) is 30.3 Å².